The van der Waals surface area contributed by atoms with E-state index in [9.17, 15) is 4.79 Å². The minimum absolute atomic E-state index is 0.0698. The molecule has 80 valence electrons. The van der Waals surface area contributed by atoms with E-state index >= 15 is 0 Å². The van der Waals surface area contributed by atoms with Crippen LogP contribution in [-0.4, -0.2) is 43.0 Å². The number of hydrogen-bond donors (Lipinski definition) is 0. The third-order valence-electron chi connectivity index (χ3n) is 3.48. The molecule has 0 unspecified atom stereocenters. The fourth-order valence-electron chi connectivity index (χ4n) is 2.36. The Balaban J connectivity index is 1.88. The third-order valence-corrected chi connectivity index (χ3v) is 3.70. The van der Waals surface area contributed by atoms with E-state index in [1.165, 1.54) is 0 Å². The van der Waals surface area contributed by atoms with Gasteiger partial charge in [-0.25, -0.2) is 0 Å². The number of amides is 1. The topological polar surface area (TPSA) is 29.5 Å². The Labute approximate surface area is 89.4 Å². The molecule has 0 aromatic rings. The predicted molar refractivity (Wildman–Crippen MR) is 54.4 cm³/mol. The van der Waals surface area contributed by atoms with Crippen molar-refractivity contribution in [3.8, 4) is 0 Å². The molecule has 1 spiro atoms. The number of halogens is 1. The first-order valence-corrected chi connectivity index (χ1v) is 5.71. The van der Waals surface area contributed by atoms with Crippen LogP contribution in [0.2, 0.25) is 0 Å². The zero-order chi connectivity index (χ0) is 10.0. The van der Waals surface area contributed by atoms with Gasteiger partial charge in [0.25, 0.3) is 0 Å². The Hall–Kier alpha value is -0.280. The molecule has 1 amide bonds. The van der Waals surface area contributed by atoms with Gasteiger partial charge in [-0.3, -0.25) is 4.79 Å². The van der Waals surface area contributed by atoms with Gasteiger partial charge in [0, 0.05) is 19.7 Å². The van der Waals surface area contributed by atoms with Crippen molar-refractivity contribution in [2.45, 2.75) is 19.3 Å². The van der Waals surface area contributed by atoms with Gasteiger partial charge in [-0.05, 0) is 24.7 Å². The van der Waals surface area contributed by atoms with Crippen molar-refractivity contribution in [2.24, 2.45) is 5.41 Å². The Bertz CT molecular complexity index is 216. The molecule has 2 fully saturated rings. The Kier molecular flexibility index (Phi) is 2.98. The largest absolute Gasteiger partial charge is 0.381 e. The number of nitrogens with zero attached hydrogens (tertiary/aromatic N) is 1. The summed E-state index contributed by atoms with van der Waals surface area (Å²) in [7, 11) is 0. The summed E-state index contributed by atoms with van der Waals surface area (Å²) in [6.07, 6.45) is 3.32. The number of rotatable bonds is 1. The molecule has 0 atom stereocenters. The highest BCUT2D eigenvalue weighted by molar-refractivity contribution is 6.27. The number of carbonyl (C=O) groups excluding carboxylic acids is 1. The van der Waals surface area contributed by atoms with E-state index in [4.69, 9.17) is 16.3 Å². The van der Waals surface area contributed by atoms with Crippen molar-refractivity contribution >= 4 is 17.5 Å². The van der Waals surface area contributed by atoms with Crippen molar-refractivity contribution in [3.63, 3.8) is 0 Å². The molecule has 0 aliphatic carbocycles. The summed E-state index contributed by atoms with van der Waals surface area (Å²) in [5.74, 6) is 0.184. The smallest absolute Gasteiger partial charge is 0.237 e. The number of likely N-dealkylation sites (tertiary alicyclic amines) is 1. The highest BCUT2D eigenvalue weighted by Crippen LogP contribution is 2.38. The van der Waals surface area contributed by atoms with Gasteiger partial charge in [0.2, 0.25) is 5.91 Å². The van der Waals surface area contributed by atoms with E-state index < -0.39 is 0 Å². The van der Waals surface area contributed by atoms with E-state index in [2.05, 4.69) is 0 Å². The molecule has 0 N–H and O–H groups in total. The first-order valence-electron chi connectivity index (χ1n) is 5.17. The maximum atomic E-state index is 11.3. The molecule has 2 aliphatic rings. The average molecular weight is 218 g/mol. The lowest BCUT2D eigenvalue weighted by Crippen LogP contribution is -2.43. The molecule has 0 bridgehead atoms. The van der Waals surface area contributed by atoms with Gasteiger partial charge in [0.1, 0.15) is 5.88 Å². The van der Waals surface area contributed by atoms with Crippen molar-refractivity contribution in [2.75, 3.05) is 32.2 Å². The minimum Gasteiger partial charge on any atom is -0.381 e. The van der Waals surface area contributed by atoms with Crippen LogP contribution < -0.4 is 0 Å². The van der Waals surface area contributed by atoms with Crippen LogP contribution in [-0.2, 0) is 9.53 Å². The van der Waals surface area contributed by atoms with Crippen molar-refractivity contribution in [3.05, 3.63) is 0 Å². The van der Waals surface area contributed by atoms with E-state index in [0.29, 0.717) is 5.41 Å². The molecule has 0 saturated carbocycles. The molecule has 0 radical (unpaired) electrons. The van der Waals surface area contributed by atoms with Crippen molar-refractivity contribution < 1.29 is 9.53 Å². The van der Waals surface area contributed by atoms with Gasteiger partial charge >= 0.3 is 0 Å². The quantitative estimate of drug-likeness (QED) is 0.619. The van der Waals surface area contributed by atoms with Gasteiger partial charge < -0.3 is 9.64 Å². The fraction of sp³-hybridized carbons (Fsp3) is 0.900. The molecule has 0 aromatic heterocycles. The van der Waals surface area contributed by atoms with Crippen molar-refractivity contribution in [1.82, 2.24) is 4.90 Å². The molecule has 3 nitrogen and oxygen atoms in total. The SMILES string of the molecule is O=C(CCl)N1CCC2(CCOC2)CC1. The number of carbonyl (C=O) groups is 1. The minimum atomic E-state index is 0.0698. The van der Waals surface area contributed by atoms with Crippen LogP contribution in [0.1, 0.15) is 19.3 Å². The third kappa shape index (κ3) is 1.89. The maximum absolute atomic E-state index is 11.3. The average Bonchev–Trinajstić information content (AvgIpc) is 2.67. The first kappa shape index (κ1) is 10.2. The standard InChI is InChI=1S/C10H16ClNO2/c11-7-9(13)12-4-1-10(2-5-12)3-6-14-8-10/h1-8H2. The molecule has 2 aliphatic heterocycles. The maximum Gasteiger partial charge on any atom is 0.237 e. The van der Waals surface area contributed by atoms with E-state index in [1.807, 2.05) is 4.90 Å². The van der Waals surface area contributed by atoms with Gasteiger partial charge in [0.05, 0.1) is 6.61 Å². The lowest BCUT2D eigenvalue weighted by molar-refractivity contribution is -0.130. The number of piperidine rings is 1. The van der Waals surface area contributed by atoms with Gasteiger partial charge in [0.15, 0.2) is 0 Å². The fourth-order valence-corrected chi connectivity index (χ4v) is 2.53. The number of hydrogen-bond acceptors (Lipinski definition) is 2. The normalized spacial score (nSPS) is 25.6. The van der Waals surface area contributed by atoms with E-state index in [0.717, 1.165) is 45.6 Å². The molecular weight excluding hydrogens is 202 g/mol. The first-order chi connectivity index (χ1) is 6.76. The van der Waals surface area contributed by atoms with Gasteiger partial charge in [-0.1, -0.05) is 0 Å². The Morgan fingerprint density at radius 1 is 1.36 bits per heavy atom. The Morgan fingerprint density at radius 2 is 2.07 bits per heavy atom. The molecule has 4 heteroatoms. The second-order valence-corrected chi connectivity index (χ2v) is 4.58. The monoisotopic (exact) mass is 217 g/mol. The summed E-state index contributed by atoms with van der Waals surface area (Å²) in [5.41, 5.74) is 0.378. The summed E-state index contributed by atoms with van der Waals surface area (Å²) in [4.78, 5) is 13.2. The van der Waals surface area contributed by atoms with Crippen molar-refractivity contribution in [1.29, 1.82) is 0 Å². The summed E-state index contributed by atoms with van der Waals surface area (Å²) in [6.45, 7) is 3.49. The van der Waals surface area contributed by atoms with Crippen LogP contribution >= 0.6 is 11.6 Å². The van der Waals surface area contributed by atoms with Crippen LogP contribution in [0.4, 0.5) is 0 Å². The zero-order valence-corrected chi connectivity index (χ0v) is 9.05. The Morgan fingerprint density at radius 3 is 2.57 bits per heavy atom. The van der Waals surface area contributed by atoms with Crippen LogP contribution in [0, 0.1) is 5.41 Å². The van der Waals surface area contributed by atoms with Crippen LogP contribution in [0.25, 0.3) is 0 Å². The second kappa shape index (κ2) is 4.07. The van der Waals surface area contributed by atoms with Crippen LogP contribution in [0.3, 0.4) is 0 Å². The summed E-state index contributed by atoms with van der Waals surface area (Å²) in [5, 5.41) is 0. The predicted octanol–water partition coefficient (Wildman–Crippen LogP) is 1.25. The lowest BCUT2D eigenvalue weighted by atomic mass is 9.78. The van der Waals surface area contributed by atoms with E-state index in [-0.39, 0.29) is 11.8 Å². The highest BCUT2D eigenvalue weighted by atomic mass is 35.5. The zero-order valence-electron chi connectivity index (χ0n) is 8.30. The molecule has 0 aromatic carbocycles. The summed E-state index contributed by atoms with van der Waals surface area (Å²) >= 11 is 5.52. The second-order valence-electron chi connectivity index (χ2n) is 4.32. The number of ether oxygens (including phenoxy) is 1. The molecular formula is C10H16ClNO2. The molecule has 2 rings (SSSR count). The van der Waals surface area contributed by atoms with Crippen LogP contribution in [0.5, 0.6) is 0 Å². The van der Waals surface area contributed by atoms with Gasteiger partial charge in [-0.2, -0.15) is 0 Å². The molecule has 2 heterocycles. The summed E-state index contributed by atoms with van der Waals surface area (Å²) < 4.78 is 5.43. The molecule has 14 heavy (non-hydrogen) atoms. The molecule has 2 saturated heterocycles. The van der Waals surface area contributed by atoms with Gasteiger partial charge in [-0.15, -0.1) is 11.6 Å². The highest BCUT2D eigenvalue weighted by Gasteiger charge is 2.38. The van der Waals surface area contributed by atoms with Crippen LogP contribution in [0.15, 0.2) is 0 Å². The summed E-state index contributed by atoms with van der Waals surface area (Å²) in [6, 6.07) is 0. The van der Waals surface area contributed by atoms with E-state index in [1.54, 1.807) is 0 Å². The number of alkyl halides is 1. The lowest BCUT2D eigenvalue weighted by Gasteiger charge is -2.38.